The summed E-state index contributed by atoms with van der Waals surface area (Å²) in [5.41, 5.74) is 0.312. The summed E-state index contributed by atoms with van der Waals surface area (Å²) < 4.78 is 11.5. The van der Waals surface area contributed by atoms with Gasteiger partial charge in [-0.2, -0.15) is 0 Å². The van der Waals surface area contributed by atoms with Crippen LogP contribution in [0.1, 0.15) is 39.5 Å². The van der Waals surface area contributed by atoms with Crippen LogP contribution in [0.3, 0.4) is 0 Å². The van der Waals surface area contributed by atoms with Crippen molar-refractivity contribution in [3.05, 3.63) is 0 Å². The molecule has 3 rings (SSSR count). The van der Waals surface area contributed by atoms with Crippen LogP contribution < -0.4 is 5.32 Å². The van der Waals surface area contributed by atoms with E-state index in [1.165, 1.54) is 25.7 Å². The van der Waals surface area contributed by atoms with Gasteiger partial charge in [0.05, 0.1) is 25.2 Å². The molecule has 0 radical (unpaired) electrons. The number of nitrogens with one attached hydrogen (secondary N) is 1. The second-order valence-corrected chi connectivity index (χ2v) is 6.71. The zero-order valence-electron chi connectivity index (χ0n) is 11.1. The lowest BCUT2D eigenvalue weighted by Crippen LogP contribution is -2.65. The maximum Gasteiger partial charge on any atom is 0.119 e. The van der Waals surface area contributed by atoms with Gasteiger partial charge in [0, 0.05) is 6.54 Å². The molecule has 1 aliphatic carbocycles. The summed E-state index contributed by atoms with van der Waals surface area (Å²) in [7, 11) is 0. The first-order valence-corrected chi connectivity index (χ1v) is 7.10. The fourth-order valence-corrected chi connectivity index (χ4v) is 3.41. The monoisotopic (exact) mass is 239 g/mol. The van der Waals surface area contributed by atoms with E-state index in [1.54, 1.807) is 0 Å². The summed E-state index contributed by atoms with van der Waals surface area (Å²) in [4.78, 5) is 0. The highest BCUT2D eigenvalue weighted by molar-refractivity contribution is 4.97. The molecule has 1 N–H and O–H groups in total. The summed E-state index contributed by atoms with van der Waals surface area (Å²) in [6.07, 6.45) is 5.00. The molecule has 2 heterocycles. The highest BCUT2D eigenvalue weighted by atomic mass is 16.5. The van der Waals surface area contributed by atoms with Crippen molar-refractivity contribution in [2.24, 2.45) is 17.3 Å². The van der Waals surface area contributed by atoms with Crippen molar-refractivity contribution in [2.75, 3.05) is 26.4 Å². The Bertz CT molecular complexity index is 266. The summed E-state index contributed by atoms with van der Waals surface area (Å²) >= 11 is 0. The Hall–Kier alpha value is -0.120. The summed E-state index contributed by atoms with van der Waals surface area (Å²) in [5, 5.41) is 3.68. The second-order valence-electron chi connectivity index (χ2n) is 6.71. The average molecular weight is 239 g/mol. The van der Waals surface area contributed by atoms with Gasteiger partial charge < -0.3 is 9.47 Å². The van der Waals surface area contributed by atoms with Crippen LogP contribution in [-0.2, 0) is 9.47 Å². The third kappa shape index (κ3) is 2.13. The number of hydrogen-bond donors (Lipinski definition) is 1. The molecule has 2 spiro atoms. The molecule has 98 valence electrons. The van der Waals surface area contributed by atoms with Crippen molar-refractivity contribution >= 4 is 0 Å². The van der Waals surface area contributed by atoms with Gasteiger partial charge in [-0.15, -0.1) is 0 Å². The molecule has 0 atom stereocenters. The molecule has 2 saturated heterocycles. The van der Waals surface area contributed by atoms with Crippen molar-refractivity contribution < 1.29 is 9.47 Å². The van der Waals surface area contributed by atoms with Gasteiger partial charge in [0.25, 0.3) is 0 Å². The number of hydrogen-bond acceptors (Lipinski definition) is 3. The van der Waals surface area contributed by atoms with E-state index >= 15 is 0 Å². The number of rotatable bonds is 1. The van der Waals surface area contributed by atoms with Gasteiger partial charge in [-0.3, -0.25) is 5.32 Å². The Morgan fingerprint density at radius 3 is 2.24 bits per heavy atom. The van der Waals surface area contributed by atoms with Crippen LogP contribution in [0, 0.1) is 17.3 Å². The second kappa shape index (κ2) is 4.22. The molecule has 3 aliphatic rings. The van der Waals surface area contributed by atoms with Crippen LogP contribution in [0.2, 0.25) is 0 Å². The van der Waals surface area contributed by atoms with Crippen molar-refractivity contribution in [1.29, 1.82) is 0 Å². The van der Waals surface area contributed by atoms with E-state index in [0.29, 0.717) is 5.41 Å². The molecular formula is C14H25NO2. The van der Waals surface area contributed by atoms with Crippen LogP contribution in [-0.4, -0.2) is 32.1 Å². The van der Waals surface area contributed by atoms with Gasteiger partial charge in [-0.05, 0) is 37.5 Å². The average Bonchev–Trinajstić information content (AvgIpc) is 2.29. The molecule has 2 aliphatic heterocycles. The predicted octanol–water partition coefficient (Wildman–Crippen LogP) is 2.17. The van der Waals surface area contributed by atoms with Crippen molar-refractivity contribution in [2.45, 2.75) is 45.3 Å². The Morgan fingerprint density at radius 2 is 1.82 bits per heavy atom. The first-order valence-electron chi connectivity index (χ1n) is 7.10. The molecule has 0 aromatic heterocycles. The van der Waals surface area contributed by atoms with E-state index in [0.717, 1.165) is 38.2 Å². The molecule has 0 aromatic carbocycles. The van der Waals surface area contributed by atoms with Gasteiger partial charge in [-0.25, -0.2) is 0 Å². The van der Waals surface area contributed by atoms with Gasteiger partial charge >= 0.3 is 0 Å². The van der Waals surface area contributed by atoms with Crippen LogP contribution >= 0.6 is 0 Å². The van der Waals surface area contributed by atoms with E-state index in [9.17, 15) is 0 Å². The fourth-order valence-electron chi connectivity index (χ4n) is 3.41. The van der Waals surface area contributed by atoms with Crippen molar-refractivity contribution in [3.8, 4) is 0 Å². The van der Waals surface area contributed by atoms with Crippen LogP contribution in [0.15, 0.2) is 0 Å². The molecule has 3 fully saturated rings. The minimum absolute atomic E-state index is 0.00618. The summed E-state index contributed by atoms with van der Waals surface area (Å²) in [6.45, 7) is 8.43. The van der Waals surface area contributed by atoms with Crippen LogP contribution in [0.25, 0.3) is 0 Å². The Labute approximate surface area is 104 Å². The molecule has 0 aromatic rings. The van der Waals surface area contributed by atoms with Crippen LogP contribution in [0.4, 0.5) is 0 Å². The zero-order chi connectivity index (χ0) is 11.9. The SMILES string of the molecule is CC(C)C1CCC2(CC1)NCC1(COC1)CO2. The Morgan fingerprint density at radius 1 is 1.12 bits per heavy atom. The van der Waals surface area contributed by atoms with E-state index in [4.69, 9.17) is 9.47 Å². The maximum absolute atomic E-state index is 6.20. The minimum Gasteiger partial charge on any atom is -0.380 e. The van der Waals surface area contributed by atoms with Gasteiger partial charge in [0.1, 0.15) is 5.72 Å². The lowest BCUT2D eigenvalue weighted by Gasteiger charge is -2.53. The third-order valence-corrected chi connectivity index (χ3v) is 5.04. The highest BCUT2D eigenvalue weighted by Crippen LogP contribution is 2.41. The van der Waals surface area contributed by atoms with E-state index in [-0.39, 0.29) is 5.72 Å². The maximum atomic E-state index is 6.20. The largest absolute Gasteiger partial charge is 0.380 e. The van der Waals surface area contributed by atoms with Crippen molar-refractivity contribution in [1.82, 2.24) is 5.32 Å². The van der Waals surface area contributed by atoms with Gasteiger partial charge in [-0.1, -0.05) is 13.8 Å². The first kappa shape index (κ1) is 11.9. The van der Waals surface area contributed by atoms with E-state index < -0.39 is 0 Å². The highest BCUT2D eigenvalue weighted by Gasteiger charge is 2.48. The Balaban J connectivity index is 1.55. The van der Waals surface area contributed by atoms with Gasteiger partial charge in [0.2, 0.25) is 0 Å². The van der Waals surface area contributed by atoms with Gasteiger partial charge in [0.15, 0.2) is 0 Å². The smallest absolute Gasteiger partial charge is 0.119 e. The lowest BCUT2D eigenvalue weighted by molar-refractivity contribution is -0.231. The first-order chi connectivity index (χ1) is 8.13. The predicted molar refractivity (Wildman–Crippen MR) is 66.7 cm³/mol. The number of ether oxygens (including phenoxy) is 2. The normalized spacial score (nSPS) is 40.8. The molecule has 3 nitrogen and oxygen atoms in total. The molecule has 0 unspecified atom stereocenters. The quantitative estimate of drug-likeness (QED) is 0.760. The lowest BCUT2D eigenvalue weighted by atomic mass is 9.76. The van der Waals surface area contributed by atoms with Crippen molar-refractivity contribution in [3.63, 3.8) is 0 Å². The van der Waals surface area contributed by atoms with Crippen LogP contribution in [0.5, 0.6) is 0 Å². The summed E-state index contributed by atoms with van der Waals surface area (Å²) in [5.74, 6) is 1.72. The van der Waals surface area contributed by atoms with E-state index in [2.05, 4.69) is 19.2 Å². The standard InChI is InChI=1S/C14H25NO2/c1-11(2)12-3-5-14(6-4-12)15-7-13(10-17-14)8-16-9-13/h11-12,15H,3-10H2,1-2H3. The topological polar surface area (TPSA) is 30.5 Å². The van der Waals surface area contributed by atoms with E-state index in [1.807, 2.05) is 0 Å². The molecule has 3 heteroatoms. The zero-order valence-corrected chi connectivity index (χ0v) is 11.1. The third-order valence-electron chi connectivity index (χ3n) is 5.04. The summed E-state index contributed by atoms with van der Waals surface area (Å²) in [6, 6.07) is 0. The Kier molecular flexibility index (Phi) is 2.96. The fraction of sp³-hybridized carbons (Fsp3) is 1.00. The molecule has 0 amide bonds. The minimum atomic E-state index is 0.00618. The molecule has 1 saturated carbocycles. The molecule has 17 heavy (non-hydrogen) atoms. The molecule has 0 bridgehead atoms. The molecular weight excluding hydrogens is 214 g/mol.